The fraction of sp³-hybridized carbons (Fsp3) is 0.491. The molecule has 0 unspecified atom stereocenters. The number of hydrogen-bond donors (Lipinski definition) is 5. The average molecular weight is 1090 g/mol. The molecule has 2 aromatic heterocycles. The monoisotopic (exact) mass is 1080 g/mol. The minimum absolute atomic E-state index is 0.00304. The molecule has 0 spiro atoms. The van der Waals surface area contributed by atoms with Crippen molar-refractivity contribution in [2.75, 3.05) is 18.0 Å². The summed E-state index contributed by atoms with van der Waals surface area (Å²) in [6.45, 7) is 10.2. The Morgan fingerprint density at radius 3 is 2.32 bits per heavy atom. The lowest BCUT2D eigenvalue weighted by Crippen LogP contribution is -2.57. The Morgan fingerprint density at radius 2 is 1.68 bits per heavy atom. The summed E-state index contributed by atoms with van der Waals surface area (Å²) in [7, 11) is 0. The lowest BCUT2D eigenvalue weighted by molar-refractivity contribution is -0.191. The van der Waals surface area contributed by atoms with Crippen molar-refractivity contribution in [3.8, 4) is 11.4 Å². The average Bonchev–Trinajstić information content (AvgIpc) is 3.70. The van der Waals surface area contributed by atoms with Gasteiger partial charge >= 0.3 is 30.2 Å². The van der Waals surface area contributed by atoms with Crippen molar-refractivity contribution in [1.82, 2.24) is 25.5 Å². The molecule has 21 heteroatoms. The number of amides is 6. The fourth-order valence-corrected chi connectivity index (χ4v) is 10.5. The molecule has 74 heavy (non-hydrogen) atoms. The number of alkyl carbamates (subject to hydrolysis) is 2. The molecule has 0 saturated heterocycles. The van der Waals surface area contributed by atoms with Gasteiger partial charge in [-0.25, -0.2) is 24.2 Å². The van der Waals surface area contributed by atoms with Crippen LogP contribution in [0.25, 0.3) is 22.3 Å². The number of ether oxygens (including phenoxy) is 4. The van der Waals surface area contributed by atoms with E-state index in [2.05, 4.69) is 31.9 Å². The third kappa shape index (κ3) is 12.1. The van der Waals surface area contributed by atoms with Gasteiger partial charge in [0.25, 0.3) is 11.5 Å². The van der Waals surface area contributed by atoms with E-state index in [1.807, 2.05) is 24.3 Å². The smallest absolute Gasteiger partial charge is 0.408 e. The van der Waals surface area contributed by atoms with Crippen LogP contribution in [0.2, 0.25) is 0 Å². The summed E-state index contributed by atoms with van der Waals surface area (Å²) in [5.41, 5.74) is 11.2. The lowest BCUT2D eigenvalue weighted by Gasteiger charge is -2.39. The van der Waals surface area contributed by atoms with Gasteiger partial charge in [-0.3, -0.25) is 24.1 Å². The lowest BCUT2D eigenvalue weighted by atomic mass is 9.71. The number of hydrogen-bond acceptors (Lipinski definition) is 13. The van der Waals surface area contributed by atoms with Gasteiger partial charge < -0.3 is 50.9 Å². The van der Waals surface area contributed by atoms with Crippen LogP contribution in [0.1, 0.15) is 122 Å². The van der Waals surface area contributed by atoms with Crippen molar-refractivity contribution >= 4 is 74.5 Å². The number of pyridine rings is 2. The van der Waals surface area contributed by atoms with Crippen LogP contribution in [0.3, 0.4) is 0 Å². The summed E-state index contributed by atoms with van der Waals surface area (Å²) in [6, 6.07) is 12.6. The van der Waals surface area contributed by atoms with E-state index in [0.717, 1.165) is 40.2 Å². The quantitative estimate of drug-likeness (QED) is 0.0342. The fourth-order valence-electron chi connectivity index (χ4n) is 10.1. The number of fused-ring (bicyclic) bond motifs is 5. The molecule has 3 atom stereocenters. The first kappa shape index (κ1) is 54.7. The van der Waals surface area contributed by atoms with Gasteiger partial charge in [0.1, 0.15) is 30.9 Å². The van der Waals surface area contributed by atoms with Gasteiger partial charge in [-0.15, -0.1) is 0 Å². The maximum Gasteiger partial charge on any atom is 0.408 e. The molecule has 1 aliphatic carbocycles. The molecular formula is C53H65BrN8O12. The van der Waals surface area contributed by atoms with Gasteiger partial charge in [0, 0.05) is 39.8 Å². The molecule has 20 nitrogen and oxygen atoms in total. The Hall–Kier alpha value is -7.03. The van der Waals surface area contributed by atoms with Crippen molar-refractivity contribution < 1.29 is 52.5 Å². The number of carbonyl (C=O) groups is 7. The van der Waals surface area contributed by atoms with Crippen LogP contribution in [0.5, 0.6) is 0 Å². The van der Waals surface area contributed by atoms with E-state index >= 15 is 0 Å². The molecule has 2 aromatic carbocycles. The molecular weight excluding hydrogens is 1020 g/mol. The molecule has 1 saturated carbocycles. The number of carbonyl (C=O) groups excluding carboxylic acids is 7. The van der Waals surface area contributed by atoms with Gasteiger partial charge in [-0.2, -0.15) is 0 Å². The molecule has 1 fully saturated rings. The minimum Gasteiger partial charge on any atom is -0.457 e. The molecule has 7 rings (SSSR count). The van der Waals surface area contributed by atoms with Crippen molar-refractivity contribution in [1.29, 1.82) is 0 Å². The van der Waals surface area contributed by atoms with Crippen LogP contribution in [0.15, 0.2) is 63.9 Å². The number of anilines is 1. The second-order valence-electron chi connectivity index (χ2n) is 20.6. The highest BCUT2D eigenvalue weighted by molar-refractivity contribution is 9.10. The predicted molar refractivity (Wildman–Crippen MR) is 276 cm³/mol. The SMILES string of the molecule is CC[C@@]1(OC(=O)CC2(CNC(=O)OCc3ccc(N(C(=O)[C@@H](NC(=O)OC(C)(C)C)C(C)C)[C@@H](CCCNC(N)=O)C(N)=O)cc3)CCCCC2)C(=O)OCc2c1cc1n(c2=O)Cc2cc3c(Br)cccc3nc2-1. The number of esters is 2. The summed E-state index contributed by atoms with van der Waals surface area (Å²) >= 11 is 3.60. The summed E-state index contributed by atoms with van der Waals surface area (Å²) in [4.78, 5) is 113. The highest BCUT2D eigenvalue weighted by Crippen LogP contribution is 2.44. The molecule has 7 N–H and O–H groups in total. The number of nitrogens with zero attached hydrogens (tertiary/aromatic N) is 3. The van der Waals surface area contributed by atoms with E-state index in [4.69, 9.17) is 35.4 Å². The van der Waals surface area contributed by atoms with Crippen LogP contribution >= 0.6 is 15.9 Å². The van der Waals surface area contributed by atoms with E-state index in [1.165, 1.54) is 4.90 Å². The maximum atomic E-state index is 14.4. The van der Waals surface area contributed by atoms with Crippen LogP contribution in [-0.2, 0) is 63.5 Å². The Bertz CT molecular complexity index is 2890. The summed E-state index contributed by atoms with van der Waals surface area (Å²) in [6.07, 6.45) is 2.21. The standard InChI is InChI=1S/C53H65BrN8O12/c1-7-53(36-24-40-43-32(23-34-37(54)13-11-14-38(34)59-43)26-61(40)45(65)35(36)28-71-47(53)67)73-41(63)25-52(20-9-8-10-21-52)29-58-49(69)72-27-31-16-18-33(19-17-31)62(39(44(55)64)15-12-22-57-48(56)68)46(66)42(30(2)3)60-50(70)74-51(4,5)6/h11,13-14,16-19,23-24,30,39,42H,7-10,12,15,20-22,25-29H2,1-6H3,(H2,55,64)(H,58,69)(H,60,70)(H3,56,57,68)/t39-,42-,53-/m0/s1. The van der Waals surface area contributed by atoms with Crippen molar-refractivity contribution in [3.63, 3.8) is 0 Å². The van der Waals surface area contributed by atoms with E-state index in [-0.39, 0.29) is 80.9 Å². The van der Waals surface area contributed by atoms with Crippen molar-refractivity contribution in [3.05, 3.63) is 91.7 Å². The second-order valence-corrected chi connectivity index (χ2v) is 21.5. The van der Waals surface area contributed by atoms with Crippen LogP contribution < -0.4 is 37.9 Å². The molecule has 0 bridgehead atoms. The number of halogens is 1. The number of aromatic nitrogens is 2. The maximum absolute atomic E-state index is 14.4. The zero-order valence-corrected chi connectivity index (χ0v) is 44.2. The third-order valence-electron chi connectivity index (χ3n) is 13.8. The number of nitrogens with two attached hydrogens (primary N) is 2. The zero-order chi connectivity index (χ0) is 53.7. The first-order valence-electron chi connectivity index (χ1n) is 24.9. The third-order valence-corrected chi connectivity index (χ3v) is 14.5. The zero-order valence-electron chi connectivity index (χ0n) is 42.6. The molecule has 2 aliphatic heterocycles. The Morgan fingerprint density at radius 1 is 0.959 bits per heavy atom. The number of cyclic esters (lactones) is 1. The van der Waals surface area contributed by atoms with Gasteiger partial charge in [0.15, 0.2) is 0 Å². The topological polar surface area (TPSA) is 283 Å². The summed E-state index contributed by atoms with van der Waals surface area (Å²) in [5, 5.41) is 8.83. The summed E-state index contributed by atoms with van der Waals surface area (Å²) in [5.74, 6) is -3.38. The second kappa shape index (κ2) is 22.6. The molecule has 0 radical (unpaired) electrons. The summed E-state index contributed by atoms with van der Waals surface area (Å²) < 4.78 is 25.3. The highest BCUT2D eigenvalue weighted by atomic mass is 79.9. The van der Waals surface area contributed by atoms with Gasteiger partial charge in [-0.1, -0.05) is 74.2 Å². The Kier molecular flexibility index (Phi) is 16.7. The van der Waals surface area contributed by atoms with Crippen LogP contribution in [-0.4, -0.2) is 82.3 Å². The van der Waals surface area contributed by atoms with Gasteiger partial charge in [-0.05, 0) is 106 Å². The number of nitrogens with one attached hydrogen (secondary N) is 3. The highest BCUT2D eigenvalue weighted by Gasteiger charge is 2.51. The number of benzene rings is 2. The molecule has 4 heterocycles. The predicted octanol–water partition coefficient (Wildman–Crippen LogP) is 6.84. The Balaban J connectivity index is 1.04. The van der Waals surface area contributed by atoms with Gasteiger partial charge in [0.05, 0.1) is 35.4 Å². The van der Waals surface area contributed by atoms with Crippen LogP contribution in [0, 0.1) is 11.3 Å². The molecule has 3 aliphatic rings. The number of urea groups is 1. The first-order chi connectivity index (χ1) is 35.0. The van der Waals surface area contributed by atoms with Crippen molar-refractivity contribution in [2.24, 2.45) is 22.8 Å². The molecule has 6 amide bonds. The number of rotatable bonds is 18. The molecule has 396 valence electrons. The first-order valence-corrected chi connectivity index (χ1v) is 25.7. The number of primary amides is 2. The van der Waals surface area contributed by atoms with E-state index in [0.29, 0.717) is 29.8 Å². The van der Waals surface area contributed by atoms with E-state index in [1.54, 1.807) is 76.4 Å². The molecule has 4 aromatic rings. The minimum atomic E-state index is -1.90. The largest absolute Gasteiger partial charge is 0.457 e. The normalized spacial score (nSPS) is 17.4. The Labute approximate surface area is 437 Å². The van der Waals surface area contributed by atoms with Crippen molar-refractivity contribution in [2.45, 2.75) is 142 Å². The van der Waals surface area contributed by atoms with Crippen LogP contribution in [0.4, 0.5) is 20.1 Å². The van der Waals surface area contributed by atoms with E-state index in [9.17, 15) is 38.4 Å². The van der Waals surface area contributed by atoms with E-state index < -0.39 is 76.6 Å². The van der Waals surface area contributed by atoms with Gasteiger partial charge in [0.2, 0.25) is 11.5 Å².